The number of aromatic nitrogens is 1. The van der Waals surface area contributed by atoms with Crippen molar-refractivity contribution in [2.75, 3.05) is 38.0 Å². The highest BCUT2D eigenvalue weighted by Crippen LogP contribution is 2.10. The van der Waals surface area contributed by atoms with E-state index in [1.54, 1.807) is 0 Å². The molecule has 0 aliphatic carbocycles. The van der Waals surface area contributed by atoms with Crippen molar-refractivity contribution in [2.45, 2.75) is 13.5 Å². The Bertz CT molecular complexity index is 633. The van der Waals surface area contributed by atoms with Gasteiger partial charge in [0.05, 0.1) is 18.8 Å². The number of hydrogen-bond donors (Lipinski definition) is 1. The van der Waals surface area contributed by atoms with Crippen LogP contribution in [0.5, 0.6) is 0 Å². The highest BCUT2D eigenvalue weighted by atomic mass is 16.5. The molecule has 0 unspecified atom stereocenters. The van der Waals surface area contributed by atoms with Crippen LogP contribution in [0.15, 0.2) is 40.9 Å². The minimum atomic E-state index is 0.143. The summed E-state index contributed by atoms with van der Waals surface area (Å²) < 4.78 is 5.25. The highest BCUT2D eigenvalue weighted by Gasteiger charge is 2.21. The Morgan fingerprint density at radius 3 is 2.61 bits per heavy atom. The van der Waals surface area contributed by atoms with E-state index in [1.165, 1.54) is 0 Å². The molecular formula is C17H22N4O2. The lowest BCUT2D eigenvalue weighted by atomic mass is 10.2. The van der Waals surface area contributed by atoms with Gasteiger partial charge in [-0.25, -0.2) is 0 Å². The van der Waals surface area contributed by atoms with E-state index in [1.807, 2.05) is 48.2 Å². The maximum Gasteiger partial charge on any atom is 0.241 e. The zero-order valence-corrected chi connectivity index (χ0v) is 13.4. The summed E-state index contributed by atoms with van der Waals surface area (Å²) in [5, 5.41) is 7.07. The van der Waals surface area contributed by atoms with Crippen molar-refractivity contribution < 1.29 is 9.32 Å². The molecule has 1 aromatic heterocycles. The van der Waals surface area contributed by atoms with Crippen molar-refractivity contribution >= 4 is 11.6 Å². The Morgan fingerprint density at radius 2 is 1.96 bits per heavy atom. The molecule has 0 saturated carbocycles. The first kappa shape index (κ1) is 15.6. The number of carbonyl (C=O) groups excluding carboxylic acids is 1. The molecule has 1 saturated heterocycles. The van der Waals surface area contributed by atoms with Gasteiger partial charge < -0.3 is 14.7 Å². The van der Waals surface area contributed by atoms with Gasteiger partial charge >= 0.3 is 0 Å². The van der Waals surface area contributed by atoms with Crippen LogP contribution in [0.25, 0.3) is 0 Å². The highest BCUT2D eigenvalue weighted by molar-refractivity contribution is 5.81. The number of aryl methyl sites for hydroxylation is 1. The summed E-state index contributed by atoms with van der Waals surface area (Å²) in [5.41, 5.74) is 1.88. The average molecular weight is 314 g/mol. The van der Waals surface area contributed by atoms with Crippen molar-refractivity contribution in [1.29, 1.82) is 0 Å². The van der Waals surface area contributed by atoms with Gasteiger partial charge in [0.25, 0.3) is 0 Å². The number of hydrogen-bond acceptors (Lipinski definition) is 5. The molecule has 0 spiro atoms. The second kappa shape index (κ2) is 7.28. The minimum absolute atomic E-state index is 0.143. The number of benzene rings is 1. The maximum absolute atomic E-state index is 12.3. The van der Waals surface area contributed by atoms with Gasteiger partial charge in [0.15, 0.2) is 5.76 Å². The number of carbonyl (C=O) groups is 1. The minimum Gasteiger partial charge on any atom is -0.376 e. The Morgan fingerprint density at radius 1 is 1.22 bits per heavy atom. The number of nitrogens with one attached hydrogen (secondary N) is 1. The first-order chi connectivity index (χ1) is 11.2. The topological polar surface area (TPSA) is 61.6 Å². The third-order valence-corrected chi connectivity index (χ3v) is 4.00. The zero-order valence-electron chi connectivity index (χ0n) is 13.4. The molecule has 2 aromatic rings. The van der Waals surface area contributed by atoms with Crippen molar-refractivity contribution in [3.05, 3.63) is 47.9 Å². The molecule has 122 valence electrons. The lowest BCUT2D eigenvalue weighted by molar-refractivity contribution is -0.131. The first-order valence-corrected chi connectivity index (χ1v) is 7.92. The Labute approximate surface area is 136 Å². The Balaban J connectivity index is 1.42. The Kier molecular flexibility index (Phi) is 4.92. The van der Waals surface area contributed by atoms with Crippen LogP contribution in [0.1, 0.15) is 11.5 Å². The largest absolute Gasteiger partial charge is 0.376 e. The summed E-state index contributed by atoms with van der Waals surface area (Å²) in [6, 6.07) is 11.8. The first-order valence-electron chi connectivity index (χ1n) is 7.92. The van der Waals surface area contributed by atoms with Gasteiger partial charge in [0.1, 0.15) is 0 Å². The van der Waals surface area contributed by atoms with Crippen molar-refractivity contribution in [2.24, 2.45) is 0 Å². The summed E-state index contributed by atoms with van der Waals surface area (Å²) in [7, 11) is 0. The van der Waals surface area contributed by atoms with E-state index in [0.717, 1.165) is 49.9 Å². The summed E-state index contributed by atoms with van der Waals surface area (Å²) in [5.74, 6) is 1.03. The number of piperazine rings is 1. The van der Waals surface area contributed by atoms with Crippen LogP contribution in [-0.4, -0.2) is 53.6 Å². The number of para-hydroxylation sites is 1. The molecule has 0 atom stereocenters. The Hall–Kier alpha value is -2.34. The van der Waals surface area contributed by atoms with E-state index < -0.39 is 0 Å². The van der Waals surface area contributed by atoms with Crippen LogP contribution >= 0.6 is 0 Å². The van der Waals surface area contributed by atoms with Gasteiger partial charge in [-0.05, 0) is 19.1 Å². The van der Waals surface area contributed by atoms with Gasteiger partial charge in [-0.2, -0.15) is 0 Å². The zero-order chi connectivity index (χ0) is 16.1. The van der Waals surface area contributed by atoms with Gasteiger partial charge in [0.2, 0.25) is 5.91 Å². The van der Waals surface area contributed by atoms with Crippen LogP contribution in [0, 0.1) is 6.92 Å². The SMILES string of the molecule is Cc1cc(CN2CCN(C(=O)CNc3ccccc3)CC2)on1. The number of amides is 1. The summed E-state index contributed by atoms with van der Waals surface area (Å²) in [6.07, 6.45) is 0. The van der Waals surface area contributed by atoms with Gasteiger partial charge in [0, 0.05) is 37.9 Å². The fourth-order valence-electron chi connectivity index (χ4n) is 2.71. The summed E-state index contributed by atoms with van der Waals surface area (Å²) in [6.45, 7) is 6.23. The molecule has 0 radical (unpaired) electrons. The van der Waals surface area contributed by atoms with Crippen molar-refractivity contribution in [3.8, 4) is 0 Å². The molecule has 23 heavy (non-hydrogen) atoms. The van der Waals surface area contributed by atoms with Crippen LogP contribution in [0.3, 0.4) is 0 Å². The quantitative estimate of drug-likeness (QED) is 0.911. The number of rotatable bonds is 5. The van der Waals surface area contributed by atoms with Gasteiger partial charge in [-0.15, -0.1) is 0 Å². The summed E-state index contributed by atoms with van der Waals surface area (Å²) >= 11 is 0. The van der Waals surface area contributed by atoms with E-state index in [9.17, 15) is 4.79 Å². The second-order valence-electron chi connectivity index (χ2n) is 5.81. The average Bonchev–Trinajstić information content (AvgIpc) is 2.99. The molecule has 1 aromatic carbocycles. The normalized spacial score (nSPS) is 15.6. The van der Waals surface area contributed by atoms with E-state index in [4.69, 9.17) is 4.52 Å². The van der Waals surface area contributed by atoms with Crippen molar-refractivity contribution in [1.82, 2.24) is 15.0 Å². The van der Waals surface area contributed by atoms with E-state index in [0.29, 0.717) is 6.54 Å². The van der Waals surface area contributed by atoms with E-state index in [-0.39, 0.29) is 5.91 Å². The summed E-state index contributed by atoms with van der Waals surface area (Å²) in [4.78, 5) is 16.5. The molecule has 1 aliphatic rings. The predicted molar refractivity (Wildman–Crippen MR) is 88.0 cm³/mol. The molecule has 3 rings (SSSR count). The monoisotopic (exact) mass is 314 g/mol. The third kappa shape index (κ3) is 4.32. The molecule has 1 amide bonds. The molecule has 2 heterocycles. The van der Waals surface area contributed by atoms with E-state index in [2.05, 4.69) is 15.4 Å². The molecule has 6 heteroatoms. The number of nitrogens with zero attached hydrogens (tertiary/aromatic N) is 3. The van der Waals surface area contributed by atoms with Crippen LogP contribution in [0.4, 0.5) is 5.69 Å². The lowest BCUT2D eigenvalue weighted by Gasteiger charge is -2.34. The maximum atomic E-state index is 12.3. The van der Waals surface area contributed by atoms with Crippen LogP contribution in [-0.2, 0) is 11.3 Å². The standard InChI is InChI=1S/C17H22N4O2/c1-14-11-16(23-19-14)13-20-7-9-21(10-8-20)17(22)12-18-15-5-3-2-4-6-15/h2-6,11,18H,7-10,12-13H2,1H3. The molecule has 1 aliphatic heterocycles. The fourth-order valence-corrected chi connectivity index (χ4v) is 2.71. The third-order valence-electron chi connectivity index (χ3n) is 4.00. The molecule has 0 bridgehead atoms. The number of anilines is 1. The second-order valence-corrected chi connectivity index (χ2v) is 5.81. The molecule has 1 fully saturated rings. The smallest absolute Gasteiger partial charge is 0.241 e. The molecule has 1 N–H and O–H groups in total. The molecular weight excluding hydrogens is 292 g/mol. The predicted octanol–water partition coefficient (Wildman–Crippen LogP) is 1.74. The van der Waals surface area contributed by atoms with Crippen LogP contribution < -0.4 is 5.32 Å². The van der Waals surface area contributed by atoms with E-state index >= 15 is 0 Å². The van der Waals surface area contributed by atoms with Crippen LogP contribution in [0.2, 0.25) is 0 Å². The lowest BCUT2D eigenvalue weighted by Crippen LogP contribution is -2.49. The van der Waals surface area contributed by atoms with Gasteiger partial charge in [-0.1, -0.05) is 23.4 Å². The molecule has 6 nitrogen and oxygen atoms in total. The fraction of sp³-hybridized carbons (Fsp3) is 0.412. The van der Waals surface area contributed by atoms with Crippen molar-refractivity contribution in [3.63, 3.8) is 0 Å². The van der Waals surface area contributed by atoms with Gasteiger partial charge in [-0.3, -0.25) is 9.69 Å².